The van der Waals surface area contributed by atoms with Crippen molar-refractivity contribution < 1.29 is 29.7 Å². The van der Waals surface area contributed by atoms with Crippen LogP contribution in [0.2, 0.25) is 0 Å². The molecule has 0 aliphatic heterocycles. The highest BCUT2D eigenvalue weighted by molar-refractivity contribution is 6.03. The lowest BCUT2D eigenvalue weighted by Crippen LogP contribution is -2.11. The van der Waals surface area contributed by atoms with E-state index in [0.717, 1.165) is 6.07 Å². The SMILES string of the molecule is O=C(O)c1ccc2c(C(=O)O)nc(C(=O)O)nc2c1. The number of hydrogen-bond donors (Lipinski definition) is 3. The largest absolute Gasteiger partial charge is 0.478 e. The summed E-state index contributed by atoms with van der Waals surface area (Å²) in [4.78, 5) is 39.7. The van der Waals surface area contributed by atoms with Gasteiger partial charge >= 0.3 is 17.9 Å². The Hall–Kier alpha value is -3.03. The Morgan fingerprint density at radius 2 is 1.58 bits per heavy atom. The lowest BCUT2D eigenvalue weighted by Gasteiger charge is -2.04. The highest BCUT2D eigenvalue weighted by atomic mass is 16.4. The predicted octanol–water partition coefficient (Wildman–Crippen LogP) is 0.724. The van der Waals surface area contributed by atoms with Crippen LogP contribution in [0.25, 0.3) is 10.9 Å². The van der Waals surface area contributed by atoms with Crippen LogP contribution in [0.1, 0.15) is 31.5 Å². The quantitative estimate of drug-likeness (QED) is 0.735. The second-order valence-corrected chi connectivity index (χ2v) is 3.54. The van der Waals surface area contributed by atoms with Gasteiger partial charge in [0.15, 0.2) is 5.69 Å². The fourth-order valence-electron chi connectivity index (χ4n) is 1.52. The molecule has 1 aromatic heterocycles. The molecule has 0 radical (unpaired) electrons. The molecule has 8 nitrogen and oxygen atoms in total. The van der Waals surface area contributed by atoms with E-state index in [1.54, 1.807) is 0 Å². The molecule has 0 fully saturated rings. The molecule has 0 amide bonds. The summed E-state index contributed by atoms with van der Waals surface area (Å²) in [7, 11) is 0. The fraction of sp³-hybridized carbons (Fsp3) is 0. The smallest absolute Gasteiger partial charge is 0.373 e. The van der Waals surface area contributed by atoms with Crippen molar-refractivity contribution in [2.24, 2.45) is 0 Å². The summed E-state index contributed by atoms with van der Waals surface area (Å²) in [6.07, 6.45) is 0. The van der Waals surface area contributed by atoms with Crippen molar-refractivity contribution in [3.05, 3.63) is 35.3 Å². The molecule has 0 aliphatic carbocycles. The Kier molecular flexibility index (Phi) is 2.83. The van der Waals surface area contributed by atoms with Crippen LogP contribution in [0.4, 0.5) is 0 Å². The average molecular weight is 262 g/mol. The van der Waals surface area contributed by atoms with E-state index < -0.39 is 29.4 Å². The van der Waals surface area contributed by atoms with E-state index in [2.05, 4.69) is 9.97 Å². The van der Waals surface area contributed by atoms with Crippen molar-refractivity contribution in [3.8, 4) is 0 Å². The van der Waals surface area contributed by atoms with Crippen LogP contribution in [0.3, 0.4) is 0 Å². The second kappa shape index (κ2) is 4.33. The van der Waals surface area contributed by atoms with Crippen LogP contribution < -0.4 is 0 Å². The summed E-state index contributed by atoms with van der Waals surface area (Å²) in [5, 5.41) is 26.7. The van der Waals surface area contributed by atoms with Gasteiger partial charge in [-0.05, 0) is 18.2 Å². The van der Waals surface area contributed by atoms with Crippen LogP contribution in [0, 0.1) is 0 Å². The van der Waals surface area contributed by atoms with Crippen molar-refractivity contribution in [1.29, 1.82) is 0 Å². The minimum Gasteiger partial charge on any atom is -0.478 e. The molecule has 0 aliphatic rings. The topological polar surface area (TPSA) is 138 Å². The Morgan fingerprint density at radius 3 is 2.11 bits per heavy atom. The van der Waals surface area contributed by atoms with Gasteiger partial charge in [0.1, 0.15) is 0 Å². The lowest BCUT2D eigenvalue weighted by atomic mass is 10.1. The van der Waals surface area contributed by atoms with E-state index in [9.17, 15) is 14.4 Å². The first-order valence-electron chi connectivity index (χ1n) is 4.92. The molecule has 1 heterocycles. The summed E-state index contributed by atoms with van der Waals surface area (Å²) >= 11 is 0. The minimum atomic E-state index is -1.50. The van der Waals surface area contributed by atoms with Gasteiger partial charge in [0.2, 0.25) is 5.82 Å². The Bertz CT molecular complexity index is 719. The lowest BCUT2D eigenvalue weighted by molar-refractivity contribution is 0.0673. The maximum Gasteiger partial charge on any atom is 0.373 e. The number of carbonyl (C=O) groups is 3. The fourth-order valence-corrected chi connectivity index (χ4v) is 1.52. The van der Waals surface area contributed by atoms with Crippen LogP contribution >= 0.6 is 0 Å². The molecule has 19 heavy (non-hydrogen) atoms. The van der Waals surface area contributed by atoms with Crippen molar-refractivity contribution in [1.82, 2.24) is 9.97 Å². The molecule has 96 valence electrons. The van der Waals surface area contributed by atoms with Gasteiger partial charge in [0.25, 0.3) is 0 Å². The number of carboxylic acid groups (broad SMARTS) is 3. The Labute approximate surface area is 105 Å². The van der Waals surface area contributed by atoms with Gasteiger partial charge in [-0.2, -0.15) is 0 Å². The van der Waals surface area contributed by atoms with E-state index in [1.807, 2.05) is 0 Å². The number of benzene rings is 1. The standard InChI is InChI=1S/C11H6N2O6/c14-9(15)4-1-2-5-6(3-4)12-8(11(18)19)13-7(5)10(16)17/h1-3H,(H,14,15)(H,16,17)(H,18,19). The number of aromatic carboxylic acids is 3. The van der Waals surface area contributed by atoms with Gasteiger partial charge in [-0.15, -0.1) is 0 Å². The zero-order chi connectivity index (χ0) is 14.2. The van der Waals surface area contributed by atoms with Crippen LogP contribution in [0.15, 0.2) is 18.2 Å². The van der Waals surface area contributed by atoms with E-state index in [4.69, 9.17) is 15.3 Å². The number of carboxylic acids is 3. The highest BCUT2D eigenvalue weighted by Crippen LogP contribution is 2.18. The summed E-state index contributed by atoms with van der Waals surface area (Å²) in [6, 6.07) is 3.52. The molecule has 0 saturated carbocycles. The molecule has 8 heteroatoms. The number of hydrogen-bond acceptors (Lipinski definition) is 5. The summed E-state index contributed by atoms with van der Waals surface area (Å²) in [5.74, 6) is -4.84. The van der Waals surface area contributed by atoms with Gasteiger partial charge in [-0.25, -0.2) is 24.4 Å². The maximum atomic E-state index is 11.0. The molecule has 3 N–H and O–H groups in total. The number of nitrogens with zero attached hydrogens (tertiary/aromatic N) is 2. The highest BCUT2D eigenvalue weighted by Gasteiger charge is 2.18. The number of fused-ring (bicyclic) bond motifs is 1. The molecular weight excluding hydrogens is 256 g/mol. The predicted molar refractivity (Wildman–Crippen MR) is 60.4 cm³/mol. The van der Waals surface area contributed by atoms with Crippen molar-refractivity contribution in [2.75, 3.05) is 0 Å². The molecule has 0 atom stereocenters. The molecule has 0 spiro atoms. The van der Waals surface area contributed by atoms with Crippen LogP contribution in [-0.2, 0) is 0 Å². The number of rotatable bonds is 3. The third-order valence-electron chi connectivity index (χ3n) is 2.34. The summed E-state index contributed by atoms with van der Waals surface area (Å²) in [6.45, 7) is 0. The maximum absolute atomic E-state index is 11.0. The van der Waals surface area contributed by atoms with Crippen LogP contribution in [0.5, 0.6) is 0 Å². The zero-order valence-electron chi connectivity index (χ0n) is 9.19. The third kappa shape index (κ3) is 2.18. The van der Waals surface area contributed by atoms with E-state index >= 15 is 0 Å². The van der Waals surface area contributed by atoms with Gasteiger partial charge in [0, 0.05) is 5.39 Å². The van der Waals surface area contributed by atoms with Crippen molar-refractivity contribution in [2.45, 2.75) is 0 Å². The molecule has 0 bridgehead atoms. The molecule has 0 saturated heterocycles. The van der Waals surface area contributed by atoms with E-state index in [1.165, 1.54) is 12.1 Å². The minimum absolute atomic E-state index is 0.0512. The van der Waals surface area contributed by atoms with Gasteiger partial charge < -0.3 is 15.3 Å². The Morgan fingerprint density at radius 1 is 0.895 bits per heavy atom. The molecule has 2 rings (SSSR count). The zero-order valence-corrected chi connectivity index (χ0v) is 9.19. The average Bonchev–Trinajstić information content (AvgIpc) is 2.36. The van der Waals surface area contributed by atoms with Crippen LogP contribution in [-0.4, -0.2) is 43.2 Å². The molecule has 0 unspecified atom stereocenters. The molecular formula is C11H6N2O6. The first kappa shape index (κ1) is 12.4. The Balaban J connectivity index is 2.83. The van der Waals surface area contributed by atoms with Crippen molar-refractivity contribution in [3.63, 3.8) is 0 Å². The monoisotopic (exact) mass is 262 g/mol. The first-order chi connectivity index (χ1) is 8.90. The van der Waals surface area contributed by atoms with Crippen molar-refractivity contribution >= 4 is 28.8 Å². The first-order valence-corrected chi connectivity index (χ1v) is 4.92. The second-order valence-electron chi connectivity index (χ2n) is 3.54. The molecule has 2 aromatic rings. The van der Waals surface area contributed by atoms with E-state index in [0.29, 0.717) is 0 Å². The van der Waals surface area contributed by atoms with Gasteiger partial charge in [-0.1, -0.05) is 0 Å². The summed E-state index contributed by atoms with van der Waals surface area (Å²) in [5.41, 5.74) is -0.664. The van der Waals surface area contributed by atoms with Gasteiger partial charge in [0.05, 0.1) is 11.1 Å². The summed E-state index contributed by atoms with van der Waals surface area (Å²) < 4.78 is 0. The number of aromatic nitrogens is 2. The molecule has 1 aromatic carbocycles. The van der Waals surface area contributed by atoms with E-state index in [-0.39, 0.29) is 16.5 Å². The third-order valence-corrected chi connectivity index (χ3v) is 2.34. The van der Waals surface area contributed by atoms with Gasteiger partial charge in [-0.3, -0.25) is 0 Å². The normalized spacial score (nSPS) is 10.3.